The standard InChI is InChI=1S/C27H25ClN4O3S/c1-4-35-24-13-11-23(12-14-24)32-25(20-8-5-9-21(28)15-20)30-31-27(32)36-18(3)26(34)29-22-10-6-7-19(16-22)17(2)33/h5-16,18H,4H2,1-3H3,(H,29,34)/t18-/m1/s1. The van der Waals surface area contributed by atoms with Crippen LogP contribution in [0, 0.1) is 0 Å². The van der Waals surface area contributed by atoms with E-state index in [0.29, 0.717) is 33.9 Å². The normalized spacial score (nSPS) is 11.7. The summed E-state index contributed by atoms with van der Waals surface area (Å²) in [5, 5.41) is 12.3. The molecule has 1 N–H and O–H groups in total. The summed E-state index contributed by atoms with van der Waals surface area (Å²) in [6.07, 6.45) is 0. The van der Waals surface area contributed by atoms with E-state index >= 15 is 0 Å². The number of halogens is 1. The molecule has 1 aromatic heterocycles. The Kier molecular flexibility index (Phi) is 8.07. The predicted molar refractivity (Wildman–Crippen MR) is 143 cm³/mol. The van der Waals surface area contributed by atoms with Gasteiger partial charge in [0.05, 0.1) is 11.9 Å². The number of ketones is 1. The highest BCUT2D eigenvalue weighted by Crippen LogP contribution is 2.32. The predicted octanol–water partition coefficient (Wildman–Crippen LogP) is 6.31. The number of amides is 1. The number of ether oxygens (including phenoxy) is 1. The van der Waals surface area contributed by atoms with E-state index in [9.17, 15) is 9.59 Å². The number of hydrogen-bond donors (Lipinski definition) is 1. The first-order chi connectivity index (χ1) is 17.4. The van der Waals surface area contributed by atoms with Crippen molar-refractivity contribution in [3.63, 3.8) is 0 Å². The number of Topliss-reactive ketones (excluding diaryl/α,β-unsaturated/α-hetero) is 1. The van der Waals surface area contributed by atoms with Crippen molar-refractivity contribution in [3.8, 4) is 22.8 Å². The zero-order valence-electron chi connectivity index (χ0n) is 20.1. The van der Waals surface area contributed by atoms with Gasteiger partial charge in [-0.05, 0) is 69.3 Å². The maximum absolute atomic E-state index is 13.0. The smallest absolute Gasteiger partial charge is 0.237 e. The molecule has 0 aliphatic rings. The zero-order valence-corrected chi connectivity index (χ0v) is 21.6. The van der Waals surface area contributed by atoms with Crippen molar-refractivity contribution < 1.29 is 14.3 Å². The molecule has 1 heterocycles. The number of thioether (sulfide) groups is 1. The van der Waals surface area contributed by atoms with E-state index in [0.717, 1.165) is 17.0 Å². The molecule has 1 amide bonds. The van der Waals surface area contributed by atoms with Crippen LogP contribution in [-0.4, -0.2) is 38.3 Å². The van der Waals surface area contributed by atoms with Crippen molar-refractivity contribution in [2.75, 3.05) is 11.9 Å². The van der Waals surface area contributed by atoms with Crippen LogP contribution in [0.2, 0.25) is 5.02 Å². The number of nitrogens with one attached hydrogen (secondary N) is 1. The van der Waals surface area contributed by atoms with Gasteiger partial charge in [0, 0.05) is 27.5 Å². The number of nitrogens with zero attached hydrogens (tertiary/aromatic N) is 3. The molecule has 0 saturated heterocycles. The molecule has 7 nitrogen and oxygen atoms in total. The van der Waals surface area contributed by atoms with Crippen LogP contribution in [0.5, 0.6) is 5.75 Å². The zero-order chi connectivity index (χ0) is 25.7. The molecule has 4 rings (SSSR count). The molecule has 0 radical (unpaired) electrons. The average Bonchev–Trinajstić information content (AvgIpc) is 3.28. The van der Waals surface area contributed by atoms with Gasteiger partial charge in [0.25, 0.3) is 0 Å². The molecule has 36 heavy (non-hydrogen) atoms. The molecule has 9 heteroatoms. The van der Waals surface area contributed by atoms with Gasteiger partial charge in [-0.1, -0.05) is 47.6 Å². The highest BCUT2D eigenvalue weighted by atomic mass is 35.5. The summed E-state index contributed by atoms with van der Waals surface area (Å²) in [7, 11) is 0. The second kappa shape index (κ2) is 11.4. The first-order valence-electron chi connectivity index (χ1n) is 11.4. The van der Waals surface area contributed by atoms with Crippen LogP contribution in [0.25, 0.3) is 17.1 Å². The Hall–Kier alpha value is -3.62. The quantitative estimate of drug-likeness (QED) is 0.205. The lowest BCUT2D eigenvalue weighted by Crippen LogP contribution is -2.23. The van der Waals surface area contributed by atoms with Crippen LogP contribution in [0.3, 0.4) is 0 Å². The Labute approximate surface area is 218 Å². The minimum atomic E-state index is -0.496. The van der Waals surface area contributed by atoms with Crippen molar-refractivity contribution in [2.24, 2.45) is 0 Å². The van der Waals surface area contributed by atoms with E-state index < -0.39 is 5.25 Å². The van der Waals surface area contributed by atoms with E-state index in [1.807, 2.05) is 54.0 Å². The Morgan fingerprint density at radius 1 is 1.06 bits per heavy atom. The van der Waals surface area contributed by atoms with Gasteiger partial charge in [-0.15, -0.1) is 10.2 Å². The number of aromatic nitrogens is 3. The summed E-state index contributed by atoms with van der Waals surface area (Å²) in [4.78, 5) is 24.7. The molecule has 4 aromatic rings. The van der Waals surface area contributed by atoms with Gasteiger partial charge in [-0.3, -0.25) is 14.2 Å². The fourth-order valence-electron chi connectivity index (χ4n) is 3.52. The second-order valence-electron chi connectivity index (χ2n) is 7.97. The maximum atomic E-state index is 13.0. The van der Waals surface area contributed by atoms with Crippen LogP contribution in [0.15, 0.2) is 78.0 Å². The minimum Gasteiger partial charge on any atom is -0.494 e. The summed E-state index contributed by atoms with van der Waals surface area (Å²) in [6, 6.07) is 21.9. The van der Waals surface area contributed by atoms with Crippen LogP contribution in [-0.2, 0) is 4.79 Å². The molecular formula is C27H25ClN4O3S. The molecule has 1 atom stereocenters. The lowest BCUT2D eigenvalue weighted by Gasteiger charge is -2.15. The number of carbonyl (C=O) groups is 2. The summed E-state index contributed by atoms with van der Waals surface area (Å²) < 4.78 is 7.47. The maximum Gasteiger partial charge on any atom is 0.237 e. The largest absolute Gasteiger partial charge is 0.494 e. The van der Waals surface area contributed by atoms with Crippen LogP contribution < -0.4 is 10.1 Å². The second-order valence-corrected chi connectivity index (χ2v) is 9.71. The van der Waals surface area contributed by atoms with Gasteiger partial charge in [0.1, 0.15) is 5.75 Å². The summed E-state index contributed by atoms with van der Waals surface area (Å²) >= 11 is 7.52. The number of rotatable bonds is 9. The van der Waals surface area contributed by atoms with Gasteiger partial charge in [0.2, 0.25) is 5.91 Å². The first kappa shape index (κ1) is 25.5. The molecule has 0 fully saturated rings. The van der Waals surface area contributed by atoms with Gasteiger partial charge in [-0.2, -0.15) is 0 Å². The van der Waals surface area contributed by atoms with Gasteiger partial charge in [0.15, 0.2) is 16.8 Å². The number of benzene rings is 3. The number of anilines is 1. The fraction of sp³-hybridized carbons (Fsp3) is 0.185. The van der Waals surface area contributed by atoms with Crippen molar-refractivity contribution in [1.29, 1.82) is 0 Å². The molecule has 0 unspecified atom stereocenters. The molecule has 0 spiro atoms. The van der Waals surface area contributed by atoms with Gasteiger partial charge in [-0.25, -0.2) is 0 Å². The monoisotopic (exact) mass is 520 g/mol. The SMILES string of the molecule is CCOc1ccc(-n2c(S[C@H](C)C(=O)Nc3cccc(C(C)=O)c3)nnc2-c2cccc(Cl)c2)cc1. The lowest BCUT2D eigenvalue weighted by molar-refractivity contribution is -0.115. The van der Waals surface area contributed by atoms with E-state index in [1.165, 1.54) is 18.7 Å². The Balaban J connectivity index is 1.63. The summed E-state index contributed by atoms with van der Waals surface area (Å²) in [5.41, 5.74) is 2.72. The third kappa shape index (κ3) is 5.95. The van der Waals surface area contributed by atoms with E-state index in [4.69, 9.17) is 16.3 Å². The van der Waals surface area contributed by atoms with Crippen LogP contribution >= 0.6 is 23.4 Å². The van der Waals surface area contributed by atoms with Gasteiger partial charge >= 0.3 is 0 Å². The first-order valence-corrected chi connectivity index (χ1v) is 12.6. The molecule has 0 aliphatic heterocycles. The Morgan fingerprint density at radius 2 is 1.81 bits per heavy atom. The lowest BCUT2D eigenvalue weighted by atomic mass is 10.1. The van der Waals surface area contributed by atoms with Crippen molar-refractivity contribution in [2.45, 2.75) is 31.2 Å². The van der Waals surface area contributed by atoms with Crippen molar-refractivity contribution in [1.82, 2.24) is 14.8 Å². The minimum absolute atomic E-state index is 0.0643. The number of hydrogen-bond acceptors (Lipinski definition) is 6. The third-order valence-electron chi connectivity index (χ3n) is 5.31. The van der Waals surface area contributed by atoms with E-state index in [-0.39, 0.29) is 11.7 Å². The van der Waals surface area contributed by atoms with Crippen molar-refractivity contribution in [3.05, 3.63) is 83.4 Å². The fourth-order valence-corrected chi connectivity index (χ4v) is 4.58. The molecule has 0 saturated carbocycles. The third-order valence-corrected chi connectivity index (χ3v) is 6.59. The Bertz CT molecular complexity index is 1390. The van der Waals surface area contributed by atoms with Crippen LogP contribution in [0.4, 0.5) is 5.69 Å². The molecule has 0 bridgehead atoms. The average molecular weight is 521 g/mol. The topological polar surface area (TPSA) is 86.1 Å². The van der Waals surface area contributed by atoms with Crippen molar-refractivity contribution >= 4 is 40.7 Å². The molecule has 184 valence electrons. The molecule has 0 aliphatic carbocycles. The van der Waals surface area contributed by atoms with E-state index in [1.54, 1.807) is 37.3 Å². The van der Waals surface area contributed by atoms with E-state index in [2.05, 4.69) is 15.5 Å². The molecular weight excluding hydrogens is 496 g/mol. The highest BCUT2D eigenvalue weighted by Gasteiger charge is 2.22. The van der Waals surface area contributed by atoms with Gasteiger partial charge < -0.3 is 10.1 Å². The Morgan fingerprint density at radius 3 is 2.50 bits per heavy atom. The van der Waals surface area contributed by atoms with Crippen LogP contribution in [0.1, 0.15) is 31.1 Å². The summed E-state index contributed by atoms with van der Waals surface area (Å²) in [5.74, 6) is 1.08. The number of carbonyl (C=O) groups excluding carboxylic acids is 2. The molecule has 3 aromatic carbocycles. The summed E-state index contributed by atoms with van der Waals surface area (Å²) in [6.45, 7) is 5.79. The highest BCUT2D eigenvalue weighted by molar-refractivity contribution is 8.00.